The number of phosphoric acid groups is 1. The number of carbonyl (C=O) groups is 2. The third-order valence-corrected chi connectivity index (χ3v) is 9.49. The lowest BCUT2D eigenvalue weighted by Gasteiger charge is -2.28. The molecule has 0 amide bonds. The van der Waals surface area contributed by atoms with Gasteiger partial charge in [-0.05, 0) is 77.0 Å². The number of rotatable bonds is 37. The molecule has 0 radical (unpaired) electrons. The average Bonchev–Trinajstić information content (AvgIpc) is 3.12. The van der Waals surface area contributed by atoms with Crippen LogP contribution in [0.1, 0.15) is 155 Å². The summed E-state index contributed by atoms with van der Waals surface area (Å²) in [4.78, 5) is 37.4. The average molecular weight is 780 g/mol. The van der Waals surface area contributed by atoms with Gasteiger partial charge in [0, 0.05) is 12.8 Å². The first-order chi connectivity index (χ1) is 26.0. The Bertz CT molecular complexity index is 1110. The van der Waals surface area contributed by atoms with Gasteiger partial charge in [-0.25, -0.2) is 0 Å². The summed E-state index contributed by atoms with van der Waals surface area (Å²) in [6, 6.07) is 0. The summed E-state index contributed by atoms with van der Waals surface area (Å²) >= 11 is 0. The molecule has 54 heavy (non-hydrogen) atoms. The standard InChI is InChI=1S/C44H78NO8P/c1-6-8-10-12-14-16-18-20-21-22-23-25-27-29-31-33-35-37-44(47)53-42(41-52-54(48,49)51-39-38-45(3,4)5)40-50-43(46)36-34-32-30-28-26-24-19-17-15-13-11-9-7-2/h8,10,14,16-17,19-21,23,25,42H,6-7,9,11-13,15,18,22,24,26-41H2,1-5H3/b10-8-,16-14-,19-17-,21-20-,25-23-/t42-/m1/s1. The molecule has 0 spiro atoms. The number of hydrogen-bond acceptors (Lipinski definition) is 8. The van der Waals surface area contributed by atoms with Crippen molar-refractivity contribution >= 4 is 19.8 Å². The fourth-order valence-electron chi connectivity index (χ4n) is 5.23. The molecule has 0 aromatic rings. The van der Waals surface area contributed by atoms with Crippen LogP contribution < -0.4 is 4.89 Å². The van der Waals surface area contributed by atoms with E-state index in [9.17, 15) is 19.0 Å². The Balaban J connectivity index is 4.46. The summed E-state index contributed by atoms with van der Waals surface area (Å²) in [5, 5.41) is 0. The van der Waals surface area contributed by atoms with Crippen molar-refractivity contribution in [1.82, 2.24) is 0 Å². The van der Waals surface area contributed by atoms with Crippen molar-refractivity contribution in [1.29, 1.82) is 0 Å². The molecule has 0 heterocycles. The van der Waals surface area contributed by atoms with E-state index in [2.05, 4.69) is 74.6 Å². The van der Waals surface area contributed by atoms with E-state index in [-0.39, 0.29) is 26.1 Å². The molecule has 10 heteroatoms. The van der Waals surface area contributed by atoms with E-state index in [4.69, 9.17) is 18.5 Å². The van der Waals surface area contributed by atoms with Crippen molar-refractivity contribution in [2.45, 2.75) is 161 Å². The van der Waals surface area contributed by atoms with Crippen LogP contribution in [0.15, 0.2) is 60.8 Å². The molecule has 0 aliphatic heterocycles. The number of hydrogen-bond donors (Lipinski definition) is 0. The van der Waals surface area contributed by atoms with Crippen LogP contribution in [-0.2, 0) is 32.7 Å². The second kappa shape index (κ2) is 36.4. The lowest BCUT2D eigenvalue weighted by Crippen LogP contribution is -2.37. The van der Waals surface area contributed by atoms with Crippen molar-refractivity contribution in [2.75, 3.05) is 47.5 Å². The minimum atomic E-state index is -4.63. The third-order valence-electron chi connectivity index (χ3n) is 8.52. The Morgan fingerprint density at radius 3 is 1.59 bits per heavy atom. The Morgan fingerprint density at radius 1 is 0.593 bits per heavy atom. The molecule has 312 valence electrons. The molecule has 0 aliphatic carbocycles. The zero-order valence-electron chi connectivity index (χ0n) is 34.9. The topological polar surface area (TPSA) is 111 Å². The fraction of sp³-hybridized carbons (Fsp3) is 0.727. The van der Waals surface area contributed by atoms with Gasteiger partial charge in [-0.15, -0.1) is 0 Å². The Labute approximate surface area is 330 Å². The summed E-state index contributed by atoms with van der Waals surface area (Å²) in [5.41, 5.74) is 0. The SMILES string of the molecule is CC/C=C\C/C=C\C/C=C\C/C=C\CCCCCCC(=O)O[C@H](COC(=O)CCCCCCC/C=C\CCCCCC)COP(=O)([O-])OCC[N+](C)(C)C. The summed E-state index contributed by atoms with van der Waals surface area (Å²) < 4.78 is 33.8. The highest BCUT2D eigenvalue weighted by molar-refractivity contribution is 7.45. The minimum absolute atomic E-state index is 0.0399. The van der Waals surface area contributed by atoms with Gasteiger partial charge in [0.2, 0.25) is 0 Å². The first-order valence-corrected chi connectivity index (χ1v) is 22.5. The Kier molecular flexibility index (Phi) is 34.8. The lowest BCUT2D eigenvalue weighted by atomic mass is 10.1. The number of allylic oxidation sites excluding steroid dienone is 10. The molecule has 2 atom stereocenters. The van der Waals surface area contributed by atoms with Crippen LogP contribution in [-0.4, -0.2) is 70.0 Å². The van der Waals surface area contributed by atoms with Crippen molar-refractivity contribution in [3.8, 4) is 0 Å². The second-order valence-corrected chi connectivity index (χ2v) is 16.4. The number of esters is 2. The summed E-state index contributed by atoms with van der Waals surface area (Å²) in [6.07, 6.45) is 42.4. The van der Waals surface area contributed by atoms with Crippen LogP contribution in [0.3, 0.4) is 0 Å². The monoisotopic (exact) mass is 780 g/mol. The van der Waals surface area contributed by atoms with Crippen molar-refractivity contribution < 1.29 is 42.1 Å². The molecule has 0 N–H and O–H groups in total. The van der Waals surface area contributed by atoms with Gasteiger partial charge >= 0.3 is 11.9 Å². The van der Waals surface area contributed by atoms with Gasteiger partial charge in [-0.2, -0.15) is 0 Å². The predicted molar refractivity (Wildman–Crippen MR) is 222 cm³/mol. The van der Waals surface area contributed by atoms with Crippen LogP contribution in [0, 0.1) is 0 Å². The number of carbonyl (C=O) groups excluding carboxylic acids is 2. The molecule has 0 saturated carbocycles. The maximum atomic E-state index is 12.6. The van der Waals surface area contributed by atoms with Gasteiger partial charge < -0.3 is 27.9 Å². The summed E-state index contributed by atoms with van der Waals surface area (Å²) in [7, 11) is 1.13. The molecule has 0 aromatic heterocycles. The summed E-state index contributed by atoms with van der Waals surface area (Å²) in [5.74, 6) is -0.878. The molecule has 0 rings (SSSR count). The maximum Gasteiger partial charge on any atom is 0.306 e. The van der Waals surface area contributed by atoms with E-state index in [0.717, 1.165) is 83.5 Å². The van der Waals surface area contributed by atoms with Gasteiger partial charge in [-0.1, -0.05) is 126 Å². The van der Waals surface area contributed by atoms with E-state index >= 15 is 0 Å². The predicted octanol–water partition coefficient (Wildman–Crippen LogP) is 11.1. The van der Waals surface area contributed by atoms with Gasteiger partial charge in [0.1, 0.15) is 19.8 Å². The molecule has 0 fully saturated rings. The maximum absolute atomic E-state index is 12.6. The number of quaternary nitrogens is 1. The van der Waals surface area contributed by atoms with E-state index in [1.54, 1.807) is 0 Å². The van der Waals surface area contributed by atoms with Gasteiger partial charge in [0.25, 0.3) is 7.82 Å². The number of likely N-dealkylation sites (N-methyl/N-ethyl adjacent to an activating group) is 1. The first kappa shape index (κ1) is 51.7. The molecular weight excluding hydrogens is 701 g/mol. The zero-order chi connectivity index (χ0) is 40.0. The molecule has 0 saturated heterocycles. The minimum Gasteiger partial charge on any atom is -0.756 e. The fourth-order valence-corrected chi connectivity index (χ4v) is 5.96. The van der Waals surface area contributed by atoms with E-state index < -0.39 is 32.5 Å². The summed E-state index contributed by atoms with van der Waals surface area (Å²) in [6.45, 7) is 4.04. The number of ether oxygens (including phenoxy) is 2. The van der Waals surface area contributed by atoms with E-state index in [1.165, 1.54) is 32.1 Å². The van der Waals surface area contributed by atoms with E-state index in [1.807, 2.05) is 21.1 Å². The highest BCUT2D eigenvalue weighted by Gasteiger charge is 2.21. The zero-order valence-corrected chi connectivity index (χ0v) is 35.8. The number of phosphoric ester groups is 1. The van der Waals surface area contributed by atoms with Crippen LogP contribution >= 0.6 is 7.82 Å². The third kappa shape index (κ3) is 39.4. The van der Waals surface area contributed by atoms with Crippen molar-refractivity contribution in [2.24, 2.45) is 0 Å². The second-order valence-electron chi connectivity index (χ2n) is 15.0. The van der Waals surface area contributed by atoms with Gasteiger partial charge in [-0.3, -0.25) is 14.2 Å². The first-order valence-electron chi connectivity index (χ1n) is 21.0. The van der Waals surface area contributed by atoms with E-state index in [0.29, 0.717) is 23.9 Å². The molecule has 0 aromatic carbocycles. The van der Waals surface area contributed by atoms with Gasteiger partial charge in [0.15, 0.2) is 6.10 Å². The Hall–Kier alpha value is -2.29. The lowest BCUT2D eigenvalue weighted by molar-refractivity contribution is -0.870. The number of unbranched alkanes of at least 4 members (excludes halogenated alkanes) is 13. The van der Waals surface area contributed by atoms with Crippen LogP contribution in [0.25, 0.3) is 0 Å². The molecular formula is C44H78NO8P. The molecule has 0 bridgehead atoms. The highest BCUT2D eigenvalue weighted by Crippen LogP contribution is 2.38. The largest absolute Gasteiger partial charge is 0.756 e. The molecule has 1 unspecified atom stereocenters. The molecule has 9 nitrogen and oxygen atoms in total. The van der Waals surface area contributed by atoms with Gasteiger partial charge in [0.05, 0.1) is 27.7 Å². The Morgan fingerprint density at radius 2 is 1.06 bits per heavy atom. The number of nitrogens with zero attached hydrogens (tertiary/aromatic N) is 1. The smallest absolute Gasteiger partial charge is 0.306 e. The van der Waals surface area contributed by atoms with Crippen molar-refractivity contribution in [3.63, 3.8) is 0 Å². The van der Waals surface area contributed by atoms with Crippen LogP contribution in [0.5, 0.6) is 0 Å². The molecule has 0 aliphatic rings. The van der Waals surface area contributed by atoms with Crippen molar-refractivity contribution in [3.05, 3.63) is 60.8 Å². The van der Waals surface area contributed by atoms with Crippen LogP contribution in [0.2, 0.25) is 0 Å². The normalized spacial score (nSPS) is 14.3. The highest BCUT2D eigenvalue weighted by atomic mass is 31.2. The van der Waals surface area contributed by atoms with Crippen LogP contribution in [0.4, 0.5) is 0 Å². The quantitative estimate of drug-likeness (QED) is 0.0201.